The van der Waals surface area contributed by atoms with Crippen molar-refractivity contribution in [1.82, 2.24) is 19.0 Å². The second kappa shape index (κ2) is 9.72. The standard InChI is InChI=1S/C23H28N6O3S/c1-16-15-33-22(25-16)28-10-6-9-27(11-12-28)14-18(30)19-20(24)29(23(32)26(2)21(19)31)13-17-7-4-3-5-8-17/h3-5,7-8,15H,6,9-14,24H2,1-2H3. The van der Waals surface area contributed by atoms with Crippen molar-refractivity contribution < 1.29 is 4.79 Å². The Morgan fingerprint density at radius 1 is 1.12 bits per heavy atom. The van der Waals surface area contributed by atoms with Gasteiger partial charge in [-0.15, -0.1) is 11.3 Å². The molecular weight excluding hydrogens is 440 g/mol. The van der Waals surface area contributed by atoms with Crippen LogP contribution in [0.5, 0.6) is 0 Å². The second-order valence-corrected chi connectivity index (χ2v) is 9.13. The molecule has 33 heavy (non-hydrogen) atoms. The van der Waals surface area contributed by atoms with Crippen molar-refractivity contribution in [2.45, 2.75) is 19.9 Å². The summed E-state index contributed by atoms with van der Waals surface area (Å²) in [4.78, 5) is 47.6. The fourth-order valence-corrected chi connectivity index (χ4v) is 4.91. The van der Waals surface area contributed by atoms with E-state index in [4.69, 9.17) is 5.73 Å². The lowest BCUT2D eigenvalue weighted by Crippen LogP contribution is -2.44. The monoisotopic (exact) mass is 468 g/mol. The molecule has 1 fully saturated rings. The molecule has 0 unspecified atom stereocenters. The number of carbonyl (C=O) groups is 1. The highest BCUT2D eigenvalue weighted by Gasteiger charge is 2.25. The molecule has 1 aliphatic heterocycles. The number of hydrogen-bond acceptors (Lipinski definition) is 8. The molecule has 9 nitrogen and oxygen atoms in total. The summed E-state index contributed by atoms with van der Waals surface area (Å²) in [5.41, 5.74) is 6.78. The third-order valence-electron chi connectivity index (χ3n) is 5.88. The zero-order valence-corrected chi connectivity index (χ0v) is 19.7. The number of Topliss-reactive ketones (excluding diaryl/α,β-unsaturated/α-hetero) is 1. The lowest BCUT2D eigenvalue weighted by atomic mass is 10.1. The number of nitrogens with zero attached hydrogens (tertiary/aromatic N) is 5. The number of benzene rings is 1. The molecule has 1 aliphatic rings. The molecule has 4 rings (SSSR count). The van der Waals surface area contributed by atoms with E-state index in [9.17, 15) is 14.4 Å². The van der Waals surface area contributed by atoms with Crippen LogP contribution in [0.2, 0.25) is 0 Å². The van der Waals surface area contributed by atoms with Crippen LogP contribution < -0.4 is 21.9 Å². The molecule has 1 aromatic carbocycles. The molecule has 0 aliphatic carbocycles. The van der Waals surface area contributed by atoms with Crippen molar-refractivity contribution in [3.63, 3.8) is 0 Å². The minimum absolute atomic E-state index is 0.0771. The maximum absolute atomic E-state index is 13.2. The van der Waals surface area contributed by atoms with Crippen LogP contribution in [-0.4, -0.2) is 57.5 Å². The van der Waals surface area contributed by atoms with Gasteiger partial charge >= 0.3 is 5.69 Å². The quantitative estimate of drug-likeness (QED) is 0.544. The first-order valence-corrected chi connectivity index (χ1v) is 11.8. The molecule has 0 spiro atoms. The van der Waals surface area contributed by atoms with Gasteiger partial charge in [0.05, 0.1) is 18.8 Å². The highest BCUT2D eigenvalue weighted by molar-refractivity contribution is 7.13. The molecule has 3 heterocycles. The molecule has 174 valence electrons. The van der Waals surface area contributed by atoms with Crippen LogP contribution in [0.25, 0.3) is 0 Å². The topological polar surface area (TPSA) is 106 Å². The molecule has 1 saturated heterocycles. The van der Waals surface area contributed by atoms with Crippen LogP contribution in [0.15, 0.2) is 45.3 Å². The largest absolute Gasteiger partial charge is 0.384 e. The van der Waals surface area contributed by atoms with Crippen LogP contribution in [0, 0.1) is 6.92 Å². The van der Waals surface area contributed by atoms with E-state index in [1.807, 2.05) is 47.5 Å². The molecule has 0 bridgehead atoms. The number of rotatable bonds is 6. The highest BCUT2D eigenvalue weighted by atomic mass is 32.1. The first-order valence-electron chi connectivity index (χ1n) is 10.9. The van der Waals surface area contributed by atoms with Gasteiger partial charge in [-0.1, -0.05) is 30.3 Å². The average molecular weight is 469 g/mol. The van der Waals surface area contributed by atoms with Gasteiger partial charge < -0.3 is 10.6 Å². The minimum Gasteiger partial charge on any atom is -0.384 e. The van der Waals surface area contributed by atoms with E-state index in [0.29, 0.717) is 6.54 Å². The number of aryl methyl sites for hydroxylation is 1. The third kappa shape index (κ3) is 4.91. The summed E-state index contributed by atoms with van der Waals surface area (Å²) in [5, 5.41) is 3.02. The lowest BCUT2D eigenvalue weighted by Gasteiger charge is -2.21. The lowest BCUT2D eigenvalue weighted by molar-refractivity contribution is 0.0933. The van der Waals surface area contributed by atoms with E-state index in [1.54, 1.807) is 11.3 Å². The molecule has 3 aromatic rings. The van der Waals surface area contributed by atoms with Crippen LogP contribution in [0.1, 0.15) is 28.0 Å². The Balaban J connectivity index is 1.54. The van der Waals surface area contributed by atoms with E-state index in [1.165, 1.54) is 11.6 Å². The number of nitrogen functional groups attached to an aromatic ring is 1. The van der Waals surface area contributed by atoms with Crippen molar-refractivity contribution >= 4 is 28.1 Å². The number of aromatic nitrogens is 3. The Bertz CT molecular complexity index is 1260. The van der Waals surface area contributed by atoms with Crippen molar-refractivity contribution in [3.05, 3.63) is 73.4 Å². The van der Waals surface area contributed by atoms with Gasteiger partial charge in [0.15, 0.2) is 10.9 Å². The highest BCUT2D eigenvalue weighted by Crippen LogP contribution is 2.21. The van der Waals surface area contributed by atoms with E-state index in [2.05, 4.69) is 9.88 Å². The van der Waals surface area contributed by atoms with E-state index in [0.717, 1.165) is 47.0 Å². The normalized spacial score (nSPS) is 14.9. The number of hydrogen-bond donors (Lipinski definition) is 1. The zero-order chi connectivity index (χ0) is 23.5. The number of nitrogens with two attached hydrogens (primary N) is 1. The Morgan fingerprint density at radius 3 is 2.58 bits per heavy atom. The molecule has 2 aromatic heterocycles. The van der Waals surface area contributed by atoms with Gasteiger partial charge in [0.1, 0.15) is 11.4 Å². The van der Waals surface area contributed by atoms with Gasteiger partial charge in [-0.2, -0.15) is 0 Å². The number of anilines is 2. The van der Waals surface area contributed by atoms with Crippen LogP contribution in [-0.2, 0) is 13.6 Å². The third-order valence-corrected chi connectivity index (χ3v) is 6.90. The van der Waals surface area contributed by atoms with Gasteiger partial charge in [-0.05, 0) is 18.9 Å². The summed E-state index contributed by atoms with van der Waals surface area (Å²) >= 11 is 1.62. The molecule has 0 amide bonds. The second-order valence-electron chi connectivity index (χ2n) is 8.29. The smallest absolute Gasteiger partial charge is 0.332 e. The minimum atomic E-state index is -0.651. The van der Waals surface area contributed by atoms with Gasteiger partial charge in [0.2, 0.25) is 0 Å². The molecule has 10 heteroatoms. The molecular formula is C23H28N6O3S. The molecule has 0 radical (unpaired) electrons. The predicted molar refractivity (Wildman–Crippen MR) is 130 cm³/mol. The summed E-state index contributed by atoms with van der Waals surface area (Å²) < 4.78 is 2.25. The maximum Gasteiger partial charge on any atom is 0.332 e. The van der Waals surface area contributed by atoms with Crippen molar-refractivity contribution in [2.24, 2.45) is 7.05 Å². The Labute approximate surface area is 195 Å². The van der Waals surface area contributed by atoms with Crippen molar-refractivity contribution in [2.75, 3.05) is 43.4 Å². The number of thiazole rings is 1. The Hall–Kier alpha value is -3.24. The van der Waals surface area contributed by atoms with Crippen molar-refractivity contribution in [1.29, 1.82) is 0 Å². The van der Waals surface area contributed by atoms with Gasteiger partial charge in [-0.25, -0.2) is 9.78 Å². The summed E-state index contributed by atoms with van der Waals surface area (Å²) in [6.07, 6.45) is 0.882. The fourth-order valence-electron chi connectivity index (χ4n) is 4.05. The van der Waals surface area contributed by atoms with E-state index >= 15 is 0 Å². The first-order chi connectivity index (χ1) is 15.8. The van der Waals surface area contributed by atoms with Gasteiger partial charge in [0.25, 0.3) is 5.56 Å². The summed E-state index contributed by atoms with van der Waals surface area (Å²) in [6.45, 7) is 5.26. The SMILES string of the molecule is Cc1csc(N2CCCN(CC(=O)c3c(N)n(Cc4ccccc4)c(=O)n(C)c3=O)CC2)n1. The summed E-state index contributed by atoms with van der Waals surface area (Å²) in [5.74, 6) is -0.444. The summed E-state index contributed by atoms with van der Waals surface area (Å²) in [6, 6.07) is 9.33. The van der Waals surface area contributed by atoms with Crippen LogP contribution >= 0.6 is 11.3 Å². The van der Waals surface area contributed by atoms with E-state index < -0.39 is 11.2 Å². The average Bonchev–Trinajstić information content (AvgIpc) is 3.10. The molecule has 0 saturated carbocycles. The Morgan fingerprint density at radius 2 is 1.88 bits per heavy atom. The zero-order valence-electron chi connectivity index (χ0n) is 18.9. The number of ketones is 1. The van der Waals surface area contributed by atoms with Gasteiger partial charge in [-0.3, -0.25) is 23.6 Å². The van der Waals surface area contributed by atoms with Gasteiger partial charge in [0, 0.05) is 38.6 Å². The van der Waals surface area contributed by atoms with Crippen LogP contribution in [0.4, 0.5) is 10.9 Å². The molecule has 0 atom stereocenters. The molecule has 2 N–H and O–H groups in total. The summed E-state index contributed by atoms with van der Waals surface area (Å²) in [7, 11) is 1.38. The van der Waals surface area contributed by atoms with Crippen LogP contribution in [0.3, 0.4) is 0 Å². The fraction of sp³-hybridized carbons (Fsp3) is 0.391. The Kier molecular flexibility index (Phi) is 6.75. The first kappa shape index (κ1) is 22.9. The maximum atomic E-state index is 13.2. The predicted octanol–water partition coefficient (Wildman–Crippen LogP) is 1.34. The van der Waals surface area contributed by atoms with E-state index in [-0.39, 0.29) is 30.3 Å². The van der Waals surface area contributed by atoms with Crippen molar-refractivity contribution in [3.8, 4) is 0 Å². The number of carbonyl (C=O) groups excluding carboxylic acids is 1.